The number of ether oxygens (including phenoxy) is 3. The topological polar surface area (TPSA) is 68.8 Å². The van der Waals surface area contributed by atoms with E-state index in [1.807, 2.05) is 49.4 Å². The highest BCUT2D eigenvalue weighted by Gasteiger charge is 2.16. The van der Waals surface area contributed by atoms with Crippen molar-refractivity contribution < 1.29 is 19.0 Å². The first-order valence-corrected chi connectivity index (χ1v) is 10.2. The minimum Gasteiger partial charge on any atom is -0.493 e. The van der Waals surface area contributed by atoms with Crippen LogP contribution in [0.15, 0.2) is 42.5 Å². The fourth-order valence-corrected chi connectivity index (χ4v) is 3.39. The number of rotatable bonds is 10. The van der Waals surface area contributed by atoms with Crippen molar-refractivity contribution in [1.82, 2.24) is 10.6 Å². The Hall–Kier alpha value is -2.57. The van der Waals surface area contributed by atoms with Gasteiger partial charge in [0.2, 0.25) is 0 Å². The average molecular weight is 399 g/mol. The Morgan fingerprint density at radius 1 is 1.14 bits per heavy atom. The third kappa shape index (κ3) is 6.21. The second kappa shape index (κ2) is 10.8. The second-order valence-corrected chi connectivity index (χ2v) is 7.07. The van der Waals surface area contributed by atoms with E-state index in [1.165, 1.54) is 0 Å². The van der Waals surface area contributed by atoms with Gasteiger partial charge in [0.1, 0.15) is 0 Å². The summed E-state index contributed by atoms with van der Waals surface area (Å²) in [6, 6.07) is 13.6. The van der Waals surface area contributed by atoms with Crippen LogP contribution in [0.3, 0.4) is 0 Å². The quantitative estimate of drug-likeness (QED) is 0.643. The van der Waals surface area contributed by atoms with E-state index in [-0.39, 0.29) is 12.0 Å². The zero-order valence-electron chi connectivity index (χ0n) is 17.2. The van der Waals surface area contributed by atoms with Crippen LogP contribution >= 0.6 is 0 Å². The first kappa shape index (κ1) is 21.1. The van der Waals surface area contributed by atoms with Gasteiger partial charge < -0.3 is 24.8 Å². The molecule has 0 saturated carbocycles. The second-order valence-electron chi connectivity index (χ2n) is 7.07. The SMILES string of the molecule is CCOc1cc(CNCc2cccc(C(=O)NCC3CCCO3)c2)ccc1OC. The Bertz CT molecular complexity index is 803. The van der Waals surface area contributed by atoms with Gasteiger partial charge in [-0.1, -0.05) is 18.2 Å². The van der Waals surface area contributed by atoms with Crippen molar-refractivity contribution in [2.45, 2.75) is 39.0 Å². The summed E-state index contributed by atoms with van der Waals surface area (Å²) in [5.41, 5.74) is 2.85. The molecular formula is C23H30N2O4. The molecule has 1 amide bonds. The summed E-state index contributed by atoms with van der Waals surface area (Å²) in [6.45, 7) is 5.27. The van der Waals surface area contributed by atoms with Crippen LogP contribution in [-0.2, 0) is 17.8 Å². The maximum absolute atomic E-state index is 12.4. The summed E-state index contributed by atoms with van der Waals surface area (Å²) < 4.78 is 16.5. The van der Waals surface area contributed by atoms with Crippen LogP contribution in [0.1, 0.15) is 41.3 Å². The first-order valence-electron chi connectivity index (χ1n) is 10.2. The maximum atomic E-state index is 12.4. The number of carbonyl (C=O) groups is 1. The molecule has 2 N–H and O–H groups in total. The Morgan fingerprint density at radius 3 is 2.69 bits per heavy atom. The number of benzene rings is 2. The van der Waals surface area contributed by atoms with Crippen LogP contribution in [0.25, 0.3) is 0 Å². The number of methoxy groups -OCH3 is 1. The molecule has 2 aromatic carbocycles. The molecule has 2 aromatic rings. The van der Waals surface area contributed by atoms with E-state index in [0.717, 1.165) is 42.1 Å². The summed E-state index contributed by atoms with van der Waals surface area (Å²) in [7, 11) is 1.64. The standard InChI is InChI=1S/C23H30N2O4/c1-3-28-22-13-18(9-10-21(22)27-2)15-24-14-17-6-4-7-19(12-17)23(26)25-16-20-8-5-11-29-20/h4,6-7,9-10,12-13,20,24H,3,5,8,11,14-16H2,1-2H3,(H,25,26). The Balaban J connectivity index is 1.51. The molecule has 1 aliphatic heterocycles. The lowest BCUT2D eigenvalue weighted by atomic mass is 10.1. The van der Waals surface area contributed by atoms with E-state index >= 15 is 0 Å². The van der Waals surface area contributed by atoms with E-state index in [1.54, 1.807) is 7.11 Å². The first-order chi connectivity index (χ1) is 14.2. The highest BCUT2D eigenvalue weighted by atomic mass is 16.5. The smallest absolute Gasteiger partial charge is 0.251 e. The average Bonchev–Trinajstić information content (AvgIpc) is 3.26. The van der Waals surface area contributed by atoms with Crippen LogP contribution in [0.2, 0.25) is 0 Å². The number of amides is 1. The van der Waals surface area contributed by atoms with Gasteiger partial charge in [-0.2, -0.15) is 0 Å². The van der Waals surface area contributed by atoms with Crippen LogP contribution in [-0.4, -0.2) is 38.9 Å². The molecule has 6 nitrogen and oxygen atoms in total. The van der Waals surface area contributed by atoms with E-state index in [4.69, 9.17) is 14.2 Å². The number of hydrogen-bond acceptors (Lipinski definition) is 5. The molecule has 6 heteroatoms. The fourth-order valence-electron chi connectivity index (χ4n) is 3.39. The molecule has 1 atom stereocenters. The lowest BCUT2D eigenvalue weighted by molar-refractivity contribution is 0.0857. The number of carbonyl (C=O) groups excluding carboxylic acids is 1. The lowest BCUT2D eigenvalue weighted by Gasteiger charge is -2.12. The molecule has 0 radical (unpaired) electrons. The van der Waals surface area contributed by atoms with Crippen LogP contribution in [0, 0.1) is 0 Å². The molecule has 0 spiro atoms. The summed E-state index contributed by atoms with van der Waals surface area (Å²) in [5.74, 6) is 1.43. The van der Waals surface area contributed by atoms with Gasteiger partial charge in [-0.25, -0.2) is 0 Å². The molecule has 0 bridgehead atoms. The molecule has 1 fully saturated rings. The van der Waals surface area contributed by atoms with Crippen LogP contribution < -0.4 is 20.1 Å². The minimum absolute atomic E-state index is 0.0566. The molecule has 1 unspecified atom stereocenters. The monoisotopic (exact) mass is 398 g/mol. The van der Waals surface area contributed by atoms with Crippen molar-refractivity contribution in [2.24, 2.45) is 0 Å². The molecule has 0 aromatic heterocycles. The van der Waals surface area contributed by atoms with Crippen molar-refractivity contribution in [2.75, 3.05) is 26.9 Å². The highest BCUT2D eigenvalue weighted by Crippen LogP contribution is 2.28. The zero-order chi connectivity index (χ0) is 20.5. The molecule has 29 heavy (non-hydrogen) atoms. The predicted molar refractivity (Wildman–Crippen MR) is 112 cm³/mol. The fraction of sp³-hybridized carbons (Fsp3) is 0.435. The predicted octanol–water partition coefficient (Wildman–Crippen LogP) is 3.29. The largest absolute Gasteiger partial charge is 0.493 e. The Morgan fingerprint density at radius 2 is 1.97 bits per heavy atom. The van der Waals surface area contributed by atoms with Gasteiger partial charge in [0, 0.05) is 31.8 Å². The van der Waals surface area contributed by atoms with Gasteiger partial charge in [-0.05, 0) is 55.2 Å². The molecular weight excluding hydrogens is 368 g/mol. The van der Waals surface area contributed by atoms with Crippen molar-refractivity contribution in [3.63, 3.8) is 0 Å². The maximum Gasteiger partial charge on any atom is 0.251 e. The highest BCUT2D eigenvalue weighted by molar-refractivity contribution is 5.94. The van der Waals surface area contributed by atoms with Gasteiger partial charge in [-0.3, -0.25) is 4.79 Å². The van der Waals surface area contributed by atoms with E-state index < -0.39 is 0 Å². The number of nitrogens with one attached hydrogen (secondary N) is 2. The van der Waals surface area contributed by atoms with Gasteiger partial charge in [0.25, 0.3) is 5.91 Å². The molecule has 3 rings (SSSR count). The molecule has 1 aliphatic rings. The summed E-state index contributed by atoms with van der Waals surface area (Å²) in [6.07, 6.45) is 2.23. The van der Waals surface area contributed by atoms with Gasteiger partial charge in [0.05, 0.1) is 19.8 Å². The van der Waals surface area contributed by atoms with Crippen LogP contribution in [0.5, 0.6) is 11.5 Å². The van der Waals surface area contributed by atoms with E-state index in [2.05, 4.69) is 10.6 Å². The summed E-state index contributed by atoms with van der Waals surface area (Å²) in [4.78, 5) is 12.4. The number of hydrogen-bond donors (Lipinski definition) is 2. The van der Waals surface area contributed by atoms with E-state index in [9.17, 15) is 4.79 Å². The van der Waals surface area contributed by atoms with Crippen molar-refractivity contribution >= 4 is 5.91 Å². The minimum atomic E-state index is -0.0566. The van der Waals surface area contributed by atoms with Gasteiger partial charge in [0.15, 0.2) is 11.5 Å². The Kier molecular flexibility index (Phi) is 7.90. The van der Waals surface area contributed by atoms with Crippen molar-refractivity contribution in [1.29, 1.82) is 0 Å². The summed E-state index contributed by atoms with van der Waals surface area (Å²) in [5, 5.41) is 6.39. The third-order valence-corrected chi connectivity index (χ3v) is 4.89. The zero-order valence-corrected chi connectivity index (χ0v) is 17.2. The van der Waals surface area contributed by atoms with Crippen molar-refractivity contribution in [3.8, 4) is 11.5 Å². The normalized spacial score (nSPS) is 15.9. The third-order valence-electron chi connectivity index (χ3n) is 4.89. The molecule has 1 heterocycles. The lowest BCUT2D eigenvalue weighted by Crippen LogP contribution is -2.31. The van der Waals surface area contributed by atoms with Crippen LogP contribution in [0.4, 0.5) is 0 Å². The molecule has 156 valence electrons. The van der Waals surface area contributed by atoms with Gasteiger partial charge >= 0.3 is 0 Å². The summed E-state index contributed by atoms with van der Waals surface area (Å²) >= 11 is 0. The Labute approximate surface area is 172 Å². The molecule has 1 saturated heterocycles. The van der Waals surface area contributed by atoms with Crippen molar-refractivity contribution in [3.05, 3.63) is 59.2 Å². The van der Waals surface area contributed by atoms with E-state index in [0.29, 0.717) is 31.8 Å². The molecule has 0 aliphatic carbocycles. The van der Waals surface area contributed by atoms with Gasteiger partial charge in [-0.15, -0.1) is 0 Å².